The van der Waals surface area contributed by atoms with Crippen LogP contribution in [0.3, 0.4) is 0 Å². The van der Waals surface area contributed by atoms with E-state index in [4.69, 9.17) is 0 Å². The molecule has 1 unspecified atom stereocenters. The van der Waals surface area contributed by atoms with Crippen LogP contribution in [-0.2, 0) is 18.4 Å². The molecule has 0 saturated heterocycles. The summed E-state index contributed by atoms with van der Waals surface area (Å²) >= 11 is -1.33. The molecule has 2 aromatic rings. The Balaban J connectivity index is 2.30. The van der Waals surface area contributed by atoms with Crippen molar-refractivity contribution in [2.75, 3.05) is 4.72 Å². The summed E-state index contributed by atoms with van der Waals surface area (Å²) in [5.74, 6) is 0.550. The highest BCUT2D eigenvalue weighted by Crippen LogP contribution is 2.12. The van der Waals surface area contributed by atoms with Gasteiger partial charge in [-0.05, 0) is 31.2 Å². The van der Waals surface area contributed by atoms with Gasteiger partial charge >= 0.3 is 0 Å². The van der Waals surface area contributed by atoms with E-state index in [1.165, 1.54) is 0 Å². The fourth-order valence-corrected chi connectivity index (χ4v) is 2.36. The minimum atomic E-state index is -1.33. The van der Waals surface area contributed by atoms with Crippen molar-refractivity contribution < 1.29 is 4.55 Å². The number of nitrogens with one attached hydrogen (secondary N) is 1. The smallest absolute Gasteiger partial charge is 0.190 e. The second kappa shape index (κ2) is 6.98. The predicted octanol–water partition coefficient (Wildman–Crippen LogP) is 2.99. The molecule has 104 valence electrons. The fraction of sp³-hybridized carbons (Fsp3) is 0.133. The van der Waals surface area contributed by atoms with Crippen molar-refractivity contribution in [2.24, 2.45) is 7.05 Å². The van der Waals surface area contributed by atoms with E-state index < -0.39 is 11.4 Å². The predicted molar refractivity (Wildman–Crippen MR) is 82.0 cm³/mol. The zero-order valence-electron chi connectivity index (χ0n) is 11.5. The first-order valence-corrected chi connectivity index (χ1v) is 7.39. The second-order valence-electron chi connectivity index (χ2n) is 4.24. The van der Waals surface area contributed by atoms with Gasteiger partial charge in [-0.15, -0.1) is 0 Å². The molecule has 0 bridgehead atoms. The molecule has 4 nitrogen and oxygen atoms in total. The summed E-state index contributed by atoms with van der Waals surface area (Å²) < 4.78 is 16.9. The minimum Gasteiger partial charge on any atom is -0.588 e. The number of hydrogen-bond donors (Lipinski definition) is 1. The summed E-state index contributed by atoms with van der Waals surface area (Å²) in [5.41, 5.74) is 0.995. The van der Waals surface area contributed by atoms with Crippen LogP contribution in [0.1, 0.15) is 5.69 Å². The third-order valence-corrected chi connectivity index (χ3v) is 3.83. The van der Waals surface area contributed by atoms with Crippen LogP contribution in [0.5, 0.6) is 0 Å². The molecule has 1 N–H and O–H groups in total. The molecule has 0 aliphatic carbocycles. The lowest BCUT2D eigenvalue weighted by Crippen LogP contribution is -2.14. The molecule has 1 aromatic heterocycles. The van der Waals surface area contributed by atoms with Crippen LogP contribution in [0.2, 0.25) is 0 Å². The normalized spacial score (nSPS) is 11.6. The maximum absolute atomic E-state index is 12.2. The van der Waals surface area contributed by atoms with Crippen molar-refractivity contribution in [3.63, 3.8) is 0 Å². The molecule has 0 fully saturated rings. The summed E-state index contributed by atoms with van der Waals surface area (Å²) in [6.07, 6.45) is 0. The van der Waals surface area contributed by atoms with Crippen LogP contribution in [0, 0.1) is 6.92 Å². The van der Waals surface area contributed by atoms with E-state index in [1.54, 1.807) is 10.7 Å². The Hall–Kier alpha value is -1.98. The van der Waals surface area contributed by atoms with Gasteiger partial charge in [0.1, 0.15) is 11.4 Å². The summed E-state index contributed by atoms with van der Waals surface area (Å²) in [6.45, 7) is 1.96. The number of anilines is 1. The number of nitrogens with zero attached hydrogens (tertiary/aromatic N) is 2. The van der Waals surface area contributed by atoms with Gasteiger partial charge in [0.05, 0.1) is 0 Å². The summed E-state index contributed by atoms with van der Waals surface area (Å²) in [5, 5.41) is 4.39. The van der Waals surface area contributed by atoms with Gasteiger partial charge < -0.3 is 4.55 Å². The number of aryl methyl sites for hydroxylation is 2. The number of rotatable bonds is 3. The molecule has 1 atom stereocenters. The average molecular weight is 287 g/mol. The van der Waals surface area contributed by atoms with Crippen molar-refractivity contribution in [1.29, 1.82) is 0 Å². The Kier molecular flexibility index (Phi) is 5.03. The van der Waals surface area contributed by atoms with Crippen molar-refractivity contribution >= 4 is 17.2 Å². The quantitative estimate of drug-likeness (QED) is 0.883. The number of aromatic nitrogens is 2. The zero-order valence-corrected chi connectivity index (χ0v) is 12.3. The van der Waals surface area contributed by atoms with Gasteiger partial charge in [-0.3, -0.25) is 4.68 Å². The third-order valence-electron chi connectivity index (χ3n) is 2.74. The molecule has 0 aliphatic rings. The molecule has 5 heteroatoms. The Morgan fingerprint density at radius 1 is 1.00 bits per heavy atom. The first-order chi connectivity index (χ1) is 9.66. The van der Waals surface area contributed by atoms with Crippen LogP contribution in [0.25, 0.3) is 0 Å². The SMILES string of the molecule is Cc1cccccc(N[S+]([O-])c2ccccc2)nn1C. The van der Waals surface area contributed by atoms with E-state index in [9.17, 15) is 4.55 Å². The summed E-state index contributed by atoms with van der Waals surface area (Å²) in [6, 6.07) is 18.7. The van der Waals surface area contributed by atoms with Gasteiger partial charge in [-0.1, -0.05) is 36.4 Å². The molecule has 0 spiro atoms. The highest BCUT2D eigenvalue weighted by Gasteiger charge is 2.10. The van der Waals surface area contributed by atoms with Crippen molar-refractivity contribution in [2.45, 2.75) is 11.8 Å². The highest BCUT2D eigenvalue weighted by molar-refractivity contribution is 7.92. The standard InChI is InChI=1S/C15H17N3OS/c1-13-9-5-3-8-12-15(16-18(13)2)17-20(19)14-10-6-4-7-11-14/h3-12H,1-2H3,(H,16,17). The lowest BCUT2D eigenvalue weighted by atomic mass is 10.4. The van der Waals surface area contributed by atoms with Crippen LogP contribution < -0.4 is 4.72 Å². The first kappa shape index (κ1) is 14.4. The summed E-state index contributed by atoms with van der Waals surface area (Å²) in [7, 11) is 1.85. The third kappa shape index (κ3) is 4.01. The minimum absolute atomic E-state index is 0.550. The van der Waals surface area contributed by atoms with E-state index in [2.05, 4.69) is 9.82 Å². The van der Waals surface area contributed by atoms with Crippen molar-refractivity contribution in [1.82, 2.24) is 9.78 Å². The molecule has 1 aromatic carbocycles. The lowest BCUT2D eigenvalue weighted by Gasteiger charge is -2.10. The molecule has 0 aliphatic heterocycles. The van der Waals surface area contributed by atoms with Crippen molar-refractivity contribution in [3.05, 3.63) is 66.4 Å². The van der Waals surface area contributed by atoms with Gasteiger partial charge in [0.2, 0.25) is 0 Å². The zero-order chi connectivity index (χ0) is 14.4. The molecule has 0 radical (unpaired) electrons. The molecule has 0 amide bonds. The monoisotopic (exact) mass is 287 g/mol. The molecule has 0 saturated carbocycles. The van der Waals surface area contributed by atoms with Gasteiger partial charge in [0.15, 0.2) is 10.7 Å². The molecular weight excluding hydrogens is 270 g/mol. The second-order valence-corrected chi connectivity index (χ2v) is 5.46. The van der Waals surface area contributed by atoms with Gasteiger partial charge in [0, 0.05) is 12.7 Å². The Morgan fingerprint density at radius 3 is 2.30 bits per heavy atom. The van der Waals surface area contributed by atoms with Crippen molar-refractivity contribution in [3.8, 4) is 0 Å². The largest absolute Gasteiger partial charge is 0.588 e. The first-order valence-electron chi connectivity index (χ1n) is 6.24. The van der Waals surface area contributed by atoms with Crippen LogP contribution in [-0.4, -0.2) is 14.3 Å². The van der Waals surface area contributed by atoms with Gasteiger partial charge in [0.25, 0.3) is 0 Å². The fourth-order valence-electron chi connectivity index (χ4n) is 1.54. The maximum Gasteiger partial charge on any atom is 0.190 e. The molecule has 20 heavy (non-hydrogen) atoms. The van der Waals surface area contributed by atoms with Crippen LogP contribution in [0.15, 0.2) is 65.6 Å². The van der Waals surface area contributed by atoms with E-state index in [0.717, 1.165) is 5.69 Å². The highest BCUT2D eigenvalue weighted by atomic mass is 32.2. The van der Waals surface area contributed by atoms with Crippen LogP contribution in [0.4, 0.5) is 5.82 Å². The molecule has 1 heterocycles. The van der Waals surface area contributed by atoms with Gasteiger partial charge in [-0.2, -0.15) is 9.82 Å². The van der Waals surface area contributed by atoms with E-state index in [1.807, 2.05) is 68.6 Å². The molecular formula is C15H17N3OS. The topological polar surface area (TPSA) is 52.9 Å². The number of benzene rings is 1. The maximum atomic E-state index is 12.2. The average Bonchev–Trinajstić information content (AvgIpc) is 2.53. The van der Waals surface area contributed by atoms with E-state index >= 15 is 0 Å². The van der Waals surface area contributed by atoms with Crippen LogP contribution >= 0.6 is 0 Å². The Morgan fingerprint density at radius 2 is 1.60 bits per heavy atom. The number of hydrogen-bond acceptors (Lipinski definition) is 3. The Labute approximate surface area is 122 Å². The van der Waals surface area contributed by atoms with E-state index in [-0.39, 0.29) is 0 Å². The molecule has 2 rings (SSSR count). The lowest BCUT2D eigenvalue weighted by molar-refractivity contribution is 0.599. The summed E-state index contributed by atoms with van der Waals surface area (Å²) in [4.78, 5) is 0.717. The Bertz CT molecular complexity index is 612. The van der Waals surface area contributed by atoms with Gasteiger partial charge in [-0.25, -0.2) is 0 Å². The van der Waals surface area contributed by atoms with E-state index in [0.29, 0.717) is 10.7 Å².